The van der Waals surface area contributed by atoms with Crippen LogP contribution in [0.25, 0.3) is 11.1 Å². The number of likely N-dealkylation sites (tertiary alicyclic amines) is 1. The van der Waals surface area contributed by atoms with Gasteiger partial charge in [-0.1, -0.05) is 55.5 Å². The molecule has 2 amide bonds. The van der Waals surface area contributed by atoms with Gasteiger partial charge in [0.15, 0.2) is 0 Å². The van der Waals surface area contributed by atoms with Crippen molar-refractivity contribution in [3.63, 3.8) is 0 Å². The average molecular weight is 481 g/mol. The van der Waals surface area contributed by atoms with E-state index in [4.69, 9.17) is 9.47 Å². The lowest BCUT2D eigenvalue weighted by molar-refractivity contribution is -0.149. The number of aliphatic carboxylic acids is 1. The second-order valence-corrected chi connectivity index (χ2v) is 9.61. The van der Waals surface area contributed by atoms with Crippen LogP contribution in [0.2, 0.25) is 0 Å². The summed E-state index contributed by atoms with van der Waals surface area (Å²) in [6.45, 7) is 4.41. The standard InChI is InChI=1S/C27H32N2O6/c1-17-14-29(16-27(17,2)25(31)32)24(30)23(34-3)12-13-28-26(33)35-15-22-20-10-6-4-8-18(20)19-9-5-7-11-21(19)22/h4-11,17,22-23H,12-16H2,1-3H3,(H,28,33)(H,31,32)/t17-,23?,27-/m1/s1. The summed E-state index contributed by atoms with van der Waals surface area (Å²) in [5.41, 5.74) is 3.62. The van der Waals surface area contributed by atoms with Crippen LogP contribution in [0.15, 0.2) is 48.5 Å². The second-order valence-electron chi connectivity index (χ2n) is 9.61. The van der Waals surface area contributed by atoms with Gasteiger partial charge in [-0.15, -0.1) is 0 Å². The molecule has 35 heavy (non-hydrogen) atoms. The van der Waals surface area contributed by atoms with Gasteiger partial charge in [-0.2, -0.15) is 0 Å². The molecule has 186 valence electrons. The van der Waals surface area contributed by atoms with E-state index < -0.39 is 23.6 Å². The molecule has 8 heteroatoms. The van der Waals surface area contributed by atoms with Crippen molar-refractivity contribution in [3.8, 4) is 11.1 Å². The van der Waals surface area contributed by atoms with E-state index in [1.54, 1.807) is 11.8 Å². The number of carbonyl (C=O) groups excluding carboxylic acids is 2. The Morgan fingerprint density at radius 1 is 1.11 bits per heavy atom. The Morgan fingerprint density at radius 3 is 2.26 bits per heavy atom. The summed E-state index contributed by atoms with van der Waals surface area (Å²) >= 11 is 0. The minimum atomic E-state index is -0.979. The maximum Gasteiger partial charge on any atom is 0.407 e. The van der Waals surface area contributed by atoms with Crippen LogP contribution in [-0.4, -0.2) is 67.4 Å². The van der Waals surface area contributed by atoms with E-state index in [0.29, 0.717) is 6.54 Å². The normalized spacial score (nSPS) is 21.8. The largest absolute Gasteiger partial charge is 0.481 e. The molecule has 1 aliphatic carbocycles. The molecule has 2 aliphatic rings. The number of amides is 2. The Labute approximate surface area is 205 Å². The Balaban J connectivity index is 1.28. The molecule has 2 aromatic rings. The molecule has 1 heterocycles. The predicted molar refractivity (Wildman–Crippen MR) is 130 cm³/mol. The van der Waals surface area contributed by atoms with Crippen LogP contribution in [0.5, 0.6) is 0 Å². The van der Waals surface area contributed by atoms with Gasteiger partial charge in [-0.25, -0.2) is 4.79 Å². The zero-order valence-electron chi connectivity index (χ0n) is 20.3. The summed E-state index contributed by atoms with van der Waals surface area (Å²) in [7, 11) is 1.44. The molecule has 1 saturated heterocycles. The molecule has 2 aromatic carbocycles. The van der Waals surface area contributed by atoms with Crippen molar-refractivity contribution in [2.75, 3.05) is 33.4 Å². The number of rotatable bonds is 8. The minimum Gasteiger partial charge on any atom is -0.481 e. The monoisotopic (exact) mass is 480 g/mol. The van der Waals surface area contributed by atoms with Gasteiger partial charge in [-0.05, 0) is 35.1 Å². The number of hydrogen-bond donors (Lipinski definition) is 2. The van der Waals surface area contributed by atoms with Gasteiger partial charge in [0.25, 0.3) is 5.91 Å². The molecule has 1 fully saturated rings. The predicted octanol–water partition coefficient (Wildman–Crippen LogP) is 3.50. The summed E-state index contributed by atoms with van der Waals surface area (Å²) in [5, 5.41) is 12.2. The first kappa shape index (κ1) is 24.7. The molecule has 8 nitrogen and oxygen atoms in total. The van der Waals surface area contributed by atoms with Crippen LogP contribution >= 0.6 is 0 Å². The van der Waals surface area contributed by atoms with Crippen molar-refractivity contribution in [2.45, 2.75) is 32.3 Å². The molecule has 4 rings (SSSR count). The molecular weight excluding hydrogens is 448 g/mol. The van der Waals surface area contributed by atoms with Gasteiger partial charge in [-0.3, -0.25) is 9.59 Å². The summed E-state index contributed by atoms with van der Waals surface area (Å²) < 4.78 is 10.9. The molecule has 3 atom stereocenters. The lowest BCUT2D eigenvalue weighted by atomic mass is 9.81. The fraction of sp³-hybridized carbons (Fsp3) is 0.444. The third-order valence-electron chi connectivity index (χ3n) is 7.48. The summed E-state index contributed by atoms with van der Waals surface area (Å²) in [4.78, 5) is 38.5. The van der Waals surface area contributed by atoms with Crippen molar-refractivity contribution in [3.05, 3.63) is 59.7 Å². The van der Waals surface area contributed by atoms with E-state index in [2.05, 4.69) is 29.6 Å². The number of alkyl carbamates (subject to hydrolysis) is 1. The van der Waals surface area contributed by atoms with Crippen molar-refractivity contribution in [1.82, 2.24) is 10.2 Å². The van der Waals surface area contributed by atoms with E-state index in [1.165, 1.54) is 7.11 Å². The maximum atomic E-state index is 12.9. The molecule has 0 spiro atoms. The number of carbonyl (C=O) groups is 3. The maximum absolute atomic E-state index is 12.9. The van der Waals surface area contributed by atoms with E-state index in [1.807, 2.05) is 31.2 Å². The second kappa shape index (κ2) is 10.1. The highest BCUT2D eigenvalue weighted by Crippen LogP contribution is 2.44. The van der Waals surface area contributed by atoms with Crippen molar-refractivity contribution < 1.29 is 29.0 Å². The van der Waals surface area contributed by atoms with Crippen molar-refractivity contribution in [1.29, 1.82) is 0 Å². The van der Waals surface area contributed by atoms with Gasteiger partial charge in [0.05, 0.1) is 5.41 Å². The third kappa shape index (κ3) is 4.75. The minimum absolute atomic E-state index is 0.0258. The van der Waals surface area contributed by atoms with Crippen molar-refractivity contribution >= 4 is 18.0 Å². The number of hydrogen-bond acceptors (Lipinski definition) is 5. The zero-order valence-corrected chi connectivity index (χ0v) is 20.3. The van der Waals surface area contributed by atoms with Gasteiger partial charge >= 0.3 is 12.1 Å². The molecule has 2 N–H and O–H groups in total. The highest BCUT2D eigenvalue weighted by atomic mass is 16.5. The zero-order chi connectivity index (χ0) is 25.2. The number of nitrogens with one attached hydrogen (secondary N) is 1. The number of benzene rings is 2. The number of ether oxygens (including phenoxy) is 2. The van der Waals surface area contributed by atoms with E-state index in [0.717, 1.165) is 22.3 Å². The van der Waals surface area contributed by atoms with Gasteiger partial charge in [0.1, 0.15) is 12.7 Å². The van der Waals surface area contributed by atoms with Gasteiger partial charge in [0.2, 0.25) is 0 Å². The molecule has 1 unspecified atom stereocenters. The molecule has 0 bridgehead atoms. The SMILES string of the molecule is COC(CCNC(=O)OCC1c2ccccc2-c2ccccc21)C(=O)N1C[C@@H](C)[C@](C)(C(=O)O)C1. The molecular formula is C27H32N2O6. The highest BCUT2D eigenvalue weighted by Gasteiger charge is 2.48. The molecule has 0 radical (unpaired) electrons. The van der Waals surface area contributed by atoms with E-state index in [-0.39, 0.29) is 43.9 Å². The van der Waals surface area contributed by atoms with E-state index >= 15 is 0 Å². The fourth-order valence-electron chi connectivity index (χ4n) is 5.10. The first-order chi connectivity index (χ1) is 16.8. The quantitative estimate of drug-likeness (QED) is 0.599. The van der Waals surface area contributed by atoms with Gasteiger partial charge < -0.3 is 24.8 Å². The lowest BCUT2D eigenvalue weighted by Crippen LogP contribution is -2.42. The first-order valence-corrected chi connectivity index (χ1v) is 11.9. The summed E-state index contributed by atoms with van der Waals surface area (Å²) in [5.74, 6) is -1.37. The lowest BCUT2D eigenvalue weighted by Gasteiger charge is -2.24. The van der Waals surface area contributed by atoms with Crippen LogP contribution in [0.3, 0.4) is 0 Å². The van der Waals surface area contributed by atoms with E-state index in [9.17, 15) is 19.5 Å². The average Bonchev–Trinajstić information content (AvgIpc) is 3.35. The number of methoxy groups -OCH3 is 1. The molecule has 0 aromatic heterocycles. The molecule has 0 saturated carbocycles. The molecule has 1 aliphatic heterocycles. The topological polar surface area (TPSA) is 105 Å². The number of fused-ring (bicyclic) bond motifs is 3. The Kier molecular flexibility index (Phi) is 7.12. The number of nitrogens with zero attached hydrogens (tertiary/aromatic N) is 1. The smallest absolute Gasteiger partial charge is 0.407 e. The summed E-state index contributed by atoms with van der Waals surface area (Å²) in [6, 6.07) is 16.3. The van der Waals surface area contributed by atoms with Gasteiger partial charge in [0, 0.05) is 39.1 Å². The fourth-order valence-corrected chi connectivity index (χ4v) is 5.10. The van der Waals surface area contributed by atoms with Crippen LogP contribution in [0.4, 0.5) is 4.79 Å². The Bertz CT molecular complexity index is 1070. The summed E-state index contributed by atoms with van der Waals surface area (Å²) in [6.07, 6.45) is -1.07. The number of carboxylic acids is 1. The van der Waals surface area contributed by atoms with Crippen LogP contribution in [0.1, 0.15) is 37.3 Å². The van der Waals surface area contributed by atoms with Crippen LogP contribution in [-0.2, 0) is 19.1 Å². The van der Waals surface area contributed by atoms with Crippen LogP contribution < -0.4 is 5.32 Å². The third-order valence-corrected chi connectivity index (χ3v) is 7.48. The Morgan fingerprint density at radius 2 is 1.71 bits per heavy atom. The first-order valence-electron chi connectivity index (χ1n) is 11.9. The number of carboxylic acid groups (broad SMARTS) is 1. The Hall–Kier alpha value is -3.39. The highest BCUT2D eigenvalue weighted by molar-refractivity contribution is 5.84. The van der Waals surface area contributed by atoms with Crippen LogP contribution in [0, 0.1) is 11.3 Å². The van der Waals surface area contributed by atoms with Crippen molar-refractivity contribution in [2.24, 2.45) is 11.3 Å².